The number of hydrogen-bond donors (Lipinski definition) is 1. The minimum Gasteiger partial charge on any atom is -0.207 e. The molecule has 1 atom stereocenters. The minimum atomic E-state index is -3.52. The molecule has 0 saturated carbocycles. The maximum absolute atomic E-state index is 12.2. The van der Waals surface area contributed by atoms with E-state index < -0.39 is 10.0 Å². The third-order valence-electron chi connectivity index (χ3n) is 2.62. The zero-order chi connectivity index (χ0) is 13.8. The Balaban J connectivity index is 3.06. The SMILES string of the molecule is C#CCC(CC)NS(=O)(=O)c1cc(Br)ccc1C. The van der Waals surface area contributed by atoms with E-state index in [1.54, 1.807) is 19.1 Å². The Bertz CT molecular complexity index is 561. The lowest BCUT2D eigenvalue weighted by atomic mass is 10.2. The van der Waals surface area contributed by atoms with Crippen LogP contribution in [0.5, 0.6) is 0 Å². The fraction of sp³-hybridized carbons (Fsp3) is 0.385. The van der Waals surface area contributed by atoms with Gasteiger partial charge in [0.2, 0.25) is 10.0 Å². The summed E-state index contributed by atoms with van der Waals surface area (Å²) in [5.74, 6) is 2.48. The van der Waals surface area contributed by atoms with Crippen molar-refractivity contribution in [2.75, 3.05) is 0 Å². The molecule has 0 amide bonds. The average Bonchev–Trinajstić information content (AvgIpc) is 2.31. The van der Waals surface area contributed by atoms with Gasteiger partial charge in [-0.15, -0.1) is 12.3 Å². The summed E-state index contributed by atoms with van der Waals surface area (Å²) in [6, 6.07) is 4.95. The van der Waals surface area contributed by atoms with Gasteiger partial charge in [0.05, 0.1) is 4.90 Å². The van der Waals surface area contributed by atoms with Crippen LogP contribution in [0.15, 0.2) is 27.6 Å². The molecule has 1 unspecified atom stereocenters. The molecule has 0 aliphatic rings. The smallest absolute Gasteiger partial charge is 0.207 e. The van der Waals surface area contributed by atoms with Crippen molar-refractivity contribution in [3.05, 3.63) is 28.2 Å². The zero-order valence-corrected chi connectivity index (χ0v) is 12.8. The van der Waals surface area contributed by atoms with Crippen LogP contribution in [0, 0.1) is 19.3 Å². The monoisotopic (exact) mass is 329 g/mol. The van der Waals surface area contributed by atoms with Crippen molar-refractivity contribution in [2.24, 2.45) is 0 Å². The molecular weight excluding hydrogens is 314 g/mol. The van der Waals surface area contributed by atoms with Gasteiger partial charge in [0.15, 0.2) is 0 Å². The lowest BCUT2D eigenvalue weighted by Crippen LogP contribution is -2.34. The van der Waals surface area contributed by atoms with E-state index in [4.69, 9.17) is 6.42 Å². The second-order valence-electron chi connectivity index (χ2n) is 4.04. The van der Waals surface area contributed by atoms with Gasteiger partial charge in [-0.3, -0.25) is 0 Å². The van der Waals surface area contributed by atoms with Crippen LogP contribution in [0.25, 0.3) is 0 Å². The zero-order valence-electron chi connectivity index (χ0n) is 10.4. The second-order valence-corrected chi connectivity index (χ2v) is 6.64. The van der Waals surface area contributed by atoms with Gasteiger partial charge in [0, 0.05) is 16.9 Å². The highest BCUT2D eigenvalue weighted by molar-refractivity contribution is 9.10. The van der Waals surface area contributed by atoms with Crippen LogP contribution in [0.3, 0.4) is 0 Å². The van der Waals surface area contributed by atoms with Gasteiger partial charge in [0.1, 0.15) is 0 Å². The highest BCUT2D eigenvalue weighted by Crippen LogP contribution is 2.21. The van der Waals surface area contributed by atoms with Crippen LogP contribution in [0.2, 0.25) is 0 Å². The third kappa shape index (κ3) is 3.84. The molecule has 0 spiro atoms. The van der Waals surface area contributed by atoms with Gasteiger partial charge in [0.25, 0.3) is 0 Å². The number of sulfonamides is 1. The van der Waals surface area contributed by atoms with E-state index in [0.717, 1.165) is 4.47 Å². The lowest BCUT2D eigenvalue weighted by molar-refractivity contribution is 0.543. The van der Waals surface area contributed by atoms with E-state index in [1.807, 2.05) is 13.0 Å². The molecular formula is C13H16BrNO2S. The quantitative estimate of drug-likeness (QED) is 0.844. The minimum absolute atomic E-state index is 0.224. The molecule has 1 N–H and O–H groups in total. The normalized spacial score (nSPS) is 13.0. The van der Waals surface area contributed by atoms with Crippen LogP contribution >= 0.6 is 15.9 Å². The molecule has 1 rings (SSSR count). The van der Waals surface area contributed by atoms with Crippen LogP contribution in [0.4, 0.5) is 0 Å². The van der Waals surface area contributed by atoms with E-state index in [-0.39, 0.29) is 10.9 Å². The number of benzene rings is 1. The molecule has 0 bridgehead atoms. The number of nitrogens with one attached hydrogen (secondary N) is 1. The number of aryl methyl sites for hydroxylation is 1. The third-order valence-corrected chi connectivity index (χ3v) is 4.77. The summed E-state index contributed by atoms with van der Waals surface area (Å²) in [5.41, 5.74) is 0.710. The van der Waals surface area contributed by atoms with Crippen LogP contribution in [-0.2, 0) is 10.0 Å². The van der Waals surface area contributed by atoms with Gasteiger partial charge in [-0.05, 0) is 31.0 Å². The Morgan fingerprint density at radius 3 is 2.72 bits per heavy atom. The van der Waals surface area contributed by atoms with Crippen molar-refractivity contribution in [3.63, 3.8) is 0 Å². The number of halogens is 1. The molecule has 0 heterocycles. The summed E-state index contributed by atoms with van der Waals surface area (Å²) in [6.07, 6.45) is 6.28. The van der Waals surface area contributed by atoms with E-state index >= 15 is 0 Å². The van der Waals surface area contributed by atoms with Gasteiger partial charge in [-0.25, -0.2) is 13.1 Å². The number of terminal acetylenes is 1. The molecule has 0 aromatic heterocycles. The molecule has 0 fully saturated rings. The van der Waals surface area contributed by atoms with E-state index in [1.165, 1.54) is 0 Å². The van der Waals surface area contributed by atoms with Crippen molar-refractivity contribution in [2.45, 2.75) is 37.6 Å². The van der Waals surface area contributed by atoms with E-state index in [0.29, 0.717) is 18.4 Å². The topological polar surface area (TPSA) is 46.2 Å². The predicted molar refractivity (Wildman–Crippen MR) is 76.7 cm³/mol. The van der Waals surface area contributed by atoms with Gasteiger partial charge >= 0.3 is 0 Å². The molecule has 0 aliphatic heterocycles. The first-order valence-electron chi connectivity index (χ1n) is 5.62. The fourth-order valence-electron chi connectivity index (χ4n) is 1.56. The molecule has 0 saturated heterocycles. The fourth-order valence-corrected chi connectivity index (χ4v) is 3.66. The Labute approximate surface area is 117 Å². The first kappa shape index (κ1) is 15.2. The largest absolute Gasteiger partial charge is 0.241 e. The van der Waals surface area contributed by atoms with Crippen LogP contribution < -0.4 is 4.72 Å². The summed E-state index contributed by atoms with van der Waals surface area (Å²) < 4.78 is 27.9. The lowest BCUT2D eigenvalue weighted by Gasteiger charge is -2.16. The molecule has 5 heteroatoms. The Kier molecular flexibility index (Phi) is 5.39. The van der Waals surface area contributed by atoms with Gasteiger partial charge in [-0.2, -0.15) is 0 Å². The number of rotatable bonds is 5. The maximum atomic E-state index is 12.2. The van der Waals surface area contributed by atoms with E-state index in [2.05, 4.69) is 26.6 Å². The highest BCUT2D eigenvalue weighted by Gasteiger charge is 2.20. The molecule has 98 valence electrons. The van der Waals surface area contributed by atoms with Crippen molar-refractivity contribution in [1.29, 1.82) is 0 Å². The Hall–Kier alpha value is -0.830. The van der Waals surface area contributed by atoms with Crippen LogP contribution in [0.1, 0.15) is 25.3 Å². The molecule has 0 radical (unpaired) electrons. The number of hydrogen-bond acceptors (Lipinski definition) is 2. The molecule has 1 aromatic carbocycles. The average molecular weight is 330 g/mol. The highest BCUT2D eigenvalue weighted by atomic mass is 79.9. The maximum Gasteiger partial charge on any atom is 0.241 e. The van der Waals surface area contributed by atoms with Crippen LogP contribution in [-0.4, -0.2) is 14.5 Å². The van der Waals surface area contributed by atoms with Crippen molar-refractivity contribution in [3.8, 4) is 12.3 Å². The standard InChI is InChI=1S/C13H16BrNO2S/c1-4-6-12(5-2)15-18(16,17)13-9-11(14)8-7-10(13)3/h1,7-9,12,15H,5-6H2,2-3H3. The predicted octanol–water partition coefficient (Wildman–Crippen LogP) is 2.84. The molecule has 18 heavy (non-hydrogen) atoms. The van der Waals surface area contributed by atoms with Gasteiger partial charge in [-0.1, -0.05) is 28.9 Å². The first-order chi connectivity index (χ1) is 8.40. The Morgan fingerprint density at radius 1 is 1.50 bits per heavy atom. The van der Waals surface area contributed by atoms with Crippen molar-refractivity contribution < 1.29 is 8.42 Å². The van der Waals surface area contributed by atoms with Crippen molar-refractivity contribution >= 4 is 26.0 Å². The Morgan fingerprint density at radius 2 is 2.17 bits per heavy atom. The summed E-state index contributed by atoms with van der Waals surface area (Å²) >= 11 is 3.28. The van der Waals surface area contributed by atoms with Gasteiger partial charge < -0.3 is 0 Å². The molecule has 1 aromatic rings. The summed E-state index contributed by atoms with van der Waals surface area (Å²) in [7, 11) is -3.52. The molecule has 0 aliphatic carbocycles. The summed E-state index contributed by atoms with van der Waals surface area (Å²) in [5, 5.41) is 0. The summed E-state index contributed by atoms with van der Waals surface area (Å²) in [4.78, 5) is 0.285. The first-order valence-corrected chi connectivity index (χ1v) is 7.90. The van der Waals surface area contributed by atoms with Crippen molar-refractivity contribution in [1.82, 2.24) is 4.72 Å². The van der Waals surface area contributed by atoms with E-state index in [9.17, 15) is 8.42 Å². The second kappa shape index (κ2) is 6.37. The molecule has 3 nitrogen and oxygen atoms in total. The summed E-state index contributed by atoms with van der Waals surface area (Å²) in [6.45, 7) is 3.67.